The third-order valence-electron chi connectivity index (χ3n) is 3.66. The Morgan fingerprint density at radius 3 is 2.58 bits per heavy atom. The Hall–Kier alpha value is -0.750. The summed E-state index contributed by atoms with van der Waals surface area (Å²) in [5.74, 6) is -0.835. The smallest absolute Gasteiger partial charge is 0.323 e. The van der Waals surface area contributed by atoms with Crippen molar-refractivity contribution in [3.8, 4) is 0 Å². The molecule has 1 aliphatic carbocycles. The third-order valence-corrected chi connectivity index (χ3v) is 3.66. The normalized spacial score (nSPS) is 18.8. The van der Waals surface area contributed by atoms with Gasteiger partial charge in [-0.15, -0.1) is 0 Å². The quantitative estimate of drug-likeness (QED) is 0.641. The standard InChI is InChI=1S/C13H24F2N2O2/c1-3-13(12(18)19,16-10-5-6-10)7-4-8-17(2)9-11(14)15/h10-11,16H,3-9H2,1-2H3,(H,18,19). The minimum Gasteiger partial charge on any atom is -0.480 e. The van der Waals surface area contributed by atoms with Gasteiger partial charge in [-0.25, -0.2) is 8.78 Å². The summed E-state index contributed by atoms with van der Waals surface area (Å²) in [4.78, 5) is 13.0. The molecule has 0 saturated heterocycles. The SMILES string of the molecule is CCC(CCCN(C)CC(F)F)(NC1CC1)C(=O)O. The number of carbonyl (C=O) groups is 1. The molecule has 0 radical (unpaired) electrons. The van der Waals surface area contributed by atoms with Gasteiger partial charge >= 0.3 is 5.97 Å². The largest absolute Gasteiger partial charge is 0.480 e. The molecule has 2 N–H and O–H groups in total. The Balaban J connectivity index is 2.41. The van der Waals surface area contributed by atoms with Crippen molar-refractivity contribution in [3.63, 3.8) is 0 Å². The van der Waals surface area contributed by atoms with Crippen molar-refractivity contribution in [1.82, 2.24) is 10.2 Å². The van der Waals surface area contributed by atoms with Gasteiger partial charge in [0.05, 0.1) is 6.54 Å². The molecule has 0 aliphatic heterocycles. The molecule has 0 aromatic heterocycles. The predicted molar refractivity (Wildman–Crippen MR) is 69.6 cm³/mol. The molecule has 0 amide bonds. The Kier molecular flexibility index (Phi) is 6.13. The van der Waals surface area contributed by atoms with E-state index < -0.39 is 17.9 Å². The minimum absolute atomic E-state index is 0.262. The van der Waals surface area contributed by atoms with Crippen molar-refractivity contribution in [2.45, 2.75) is 57.0 Å². The summed E-state index contributed by atoms with van der Waals surface area (Å²) in [5.41, 5.74) is -0.896. The Labute approximate surface area is 113 Å². The second-order valence-corrected chi connectivity index (χ2v) is 5.42. The number of aliphatic carboxylic acids is 1. The number of alkyl halides is 2. The lowest BCUT2D eigenvalue weighted by atomic mass is 9.90. The maximum atomic E-state index is 12.2. The molecular weight excluding hydrogens is 254 g/mol. The molecule has 1 atom stereocenters. The molecule has 19 heavy (non-hydrogen) atoms. The average molecular weight is 278 g/mol. The summed E-state index contributed by atoms with van der Waals surface area (Å²) in [6, 6.07) is 0.315. The van der Waals surface area contributed by atoms with E-state index in [-0.39, 0.29) is 6.54 Å². The summed E-state index contributed by atoms with van der Waals surface area (Å²) in [6.45, 7) is 2.08. The highest BCUT2D eigenvalue weighted by atomic mass is 19.3. The van der Waals surface area contributed by atoms with E-state index in [4.69, 9.17) is 0 Å². The zero-order valence-corrected chi connectivity index (χ0v) is 11.7. The summed E-state index contributed by atoms with van der Waals surface area (Å²) in [5, 5.41) is 12.6. The molecule has 6 heteroatoms. The van der Waals surface area contributed by atoms with E-state index in [0.717, 1.165) is 12.8 Å². The zero-order chi connectivity index (χ0) is 14.5. The lowest BCUT2D eigenvalue weighted by molar-refractivity contribution is -0.145. The molecule has 1 fully saturated rings. The van der Waals surface area contributed by atoms with Crippen molar-refractivity contribution in [1.29, 1.82) is 0 Å². The maximum absolute atomic E-state index is 12.2. The van der Waals surface area contributed by atoms with E-state index in [1.54, 1.807) is 11.9 Å². The van der Waals surface area contributed by atoms with Crippen LogP contribution < -0.4 is 5.32 Å². The van der Waals surface area contributed by atoms with Crippen LogP contribution in [0.25, 0.3) is 0 Å². The fourth-order valence-corrected chi connectivity index (χ4v) is 2.27. The molecular formula is C13H24F2N2O2. The number of nitrogens with one attached hydrogen (secondary N) is 1. The van der Waals surface area contributed by atoms with Crippen LogP contribution >= 0.6 is 0 Å². The Morgan fingerprint density at radius 2 is 2.16 bits per heavy atom. The van der Waals surface area contributed by atoms with E-state index in [2.05, 4.69) is 5.32 Å². The van der Waals surface area contributed by atoms with Gasteiger partial charge in [-0.05, 0) is 45.7 Å². The molecule has 0 bridgehead atoms. The lowest BCUT2D eigenvalue weighted by Crippen LogP contribution is -2.53. The van der Waals surface area contributed by atoms with Crippen molar-refractivity contribution in [3.05, 3.63) is 0 Å². The maximum Gasteiger partial charge on any atom is 0.323 e. The summed E-state index contributed by atoms with van der Waals surface area (Å²) < 4.78 is 24.3. The van der Waals surface area contributed by atoms with Crippen molar-refractivity contribution in [2.75, 3.05) is 20.1 Å². The molecule has 0 aromatic carbocycles. The fourth-order valence-electron chi connectivity index (χ4n) is 2.27. The van der Waals surface area contributed by atoms with Crippen LogP contribution in [0.1, 0.15) is 39.0 Å². The molecule has 4 nitrogen and oxygen atoms in total. The molecule has 0 heterocycles. The summed E-state index contributed by atoms with van der Waals surface area (Å²) in [7, 11) is 1.63. The van der Waals surface area contributed by atoms with Crippen LogP contribution in [0.2, 0.25) is 0 Å². The van der Waals surface area contributed by atoms with Gasteiger partial charge in [0.15, 0.2) is 0 Å². The zero-order valence-electron chi connectivity index (χ0n) is 11.7. The summed E-state index contributed by atoms with van der Waals surface area (Å²) in [6.07, 6.45) is 1.30. The van der Waals surface area contributed by atoms with Crippen molar-refractivity contribution >= 4 is 5.97 Å². The first-order valence-electron chi connectivity index (χ1n) is 6.87. The Morgan fingerprint density at radius 1 is 1.53 bits per heavy atom. The van der Waals surface area contributed by atoms with Crippen LogP contribution in [0.3, 0.4) is 0 Å². The van der Waals surface area contributed by atoms with Crippen molar-refractivity contribution < 1.29 is 18.7 Å². The first kappa shape index (κ1) is 16.3. The number of carboxylic acid groups (broad SMARTS) is 1. The summed E-state index contributed by atoms with van der Waals surface area (Å²) >= 11 is 0. The highest BCUT2D eigenvalue weighted by Gasteiger charge is 2.40. The molecule has 112 valence electrons. The van der Waals surface area contributed by atoms with Gasteiger partial charge in [-0.3, -0.25) is 10.1 Å². The number of halogens is 2. The lowest BCUT2D eigenvalue weighted by Gasteiger charge is -2.30. The van der Waals surface area contributed by atoms with Crippen LogP contribution in [0.15, 0.2) is 0 Å². The van der Waals surface area contributed by atoms with Crippen LogP contribution in [0, 0.1) is 0 Å². The van der Waals surface area contributed by atoms with E-state index in [1.165, 1.54) is 0 Å². The van der Waals surface area contributed by atoms with E-state index in [0.29, 0.717) is 31.8 Å². The van der Waals surface area contributed by atoms with Crippen LogP contribution in [-0.4, -0.2) is 54.1 Å². The topological polar surface area (TPSA) is 52.6 Å². The van der Waals surface area contributed by atoms with Crippen LogP contribution in [0.5, 0.6) is 0 Å². The predicted octanol–water partition coefficient (Wildman–Crippen LogP) is 1.95. The molecule has 1 rings (SSSR count). The number of nitrogens with zero attached hydrogens (tertiary/aromatic N) is 1. The first-order valence-corrected chi connectivity index (χ1v) is 6.87. The number of carboxylic acids is 1. The highest BCUT2D eigenvalue weighted by molar-refractivity contribution is 5.78. The van der Waals surface area contributed by atoms with Gasteiger partial charge in [0.1, 0.15) is 5.54 Å². The molecule has 1 saturated carbocycles. The second kappa shape index (κ2) is 7.14. The van der Waals surface area contributed by atoms with E-state index in [9.17, 15) is 18.7 Å². The van der Waals surface area contributed by atoms with Gasteiger partial charge in [-0.2, -0.15) is 0 Å². The van der Waals surface area contributed by atoms with Gasteiger partial charge in [0, 0.05) is 6.04 Å². The fraction of sp³-hybridized carbons (Fsp3) is 0.923. The van der Waals surface area contributed by atoms with Gasteiger partial charge < -0.3 is 10.0 Å². The third kappa shape index (κ3) is 5.40. The van der Waals surface area contributed by atoms with Crippen molar-refractivity contribution in [2.24, 2.45) is 0 Å². The number of hydrogen-bond acceptors (Lipinski definition) is 3. The molecule has 0 aromatic rings. The number of rotatable bonds is 10. The van der Waals surface area contributed by atoms with Crippen LogP contribution in [0.4, 0.5) is 8.78 Å². The van der Waals surface area contributed by atoms with Gasteiger partial charge in [0.2, 0.25) is 0 Å². The second-order valence-electron chi connectivity index (χ2n) is 5.42. The number of hydrogen-bond donors (Lipinski definition) is 2. The monoisotopic (exact) mass is 278 g/mol. The molecule has 1 aliphatic rings. The molecule has 0 spiro atoms. The van der Waals surface area contributed by atoms with Crippen LogP contribution in [-0.2, 0) is 4.79 Å². The van der Waals surface area contributed by atoms with Gasteiger partial charge in [0.25, 0.3) is 6.43 Å². The average Bonchev–Trinajstić information content (AvgIpc) is 3.10. The van der Waals surface area contributed by atoms with Gasteiger partial charge in [-0.1, -0.05) is 6.92 Å². The highest BCUT2D eigenvalue weighted by Crippen LogP contribution is 2.27. The Bertz CT molecular complexity index is 298. The van der Waals surface area contributed by atoms with E-state index >= 15 is 0 Å². The van der Waals surface area contributed by atoms with E-state index in [1.807, 2.05) is 6.92 Å². The first-order chi connectivity index (χ1) is 8.89. The minimum atomic E-state index is -2.34. The molecule has 1 unspecified atom stereocenters.